The zero-order valence-electron chi connectivity index (χ0n) is 12.0. The Kier molecular flexibility index (Phi) is 5.73. The Balaban J connectivity index is 1.80. The number of piperidine rings is 1. The van der Waals surface area contributed by atoms with Crippen molar-refractivity contribution >= 4 is 11.9 Å². The average Bonchev–Trinajstić information content (AvgIpc) is 2.49. The molecule has 0 saturated carbocycles. The highest BCUT2D eigenvalue weighted by Crippen LogP contribution is 2.14. The normalized spacial score (nSPS) is 18.9. The lowest BCUT2D eigenvalue weighted by molar-refractivity contribution is -0.121. The summed E-state index contributed by atoms with van der Waals surface area (Å²) in [5, 5.41) is 6.20. The van der Waals surface area contributed by atoms with Crippen molar-refractivity contribution in [1.29, 1.82) is 0 Å². The maximum atomic E-state index is 11.8. The van der Waals surface area contributed by atoms with Crippen LogP contribution in [0.3, 0.4) is 0 Å². The molecule has 0 aromatic carbocycles. The van der Waals surface area contributed by atoms with Gasteiger partial charge < -0.3 is 15.5 Å². The number of nitrogens with zero attached hydrogens (tertiary/aromatic N) is 3. The summed E-state index contributed by atoms with van der Waals surface area (Å²) >= 11 is 0. The van der Waals surface area contributed by atoms with Gasteiger partial charge in [-0.2, -0.15) is 0 Å². The van der Waals surface area contributed by atoms with Crippen LogP contribution in [0.15, 0.2) is 18.5 Å². The first kappa shape index (κ1) is 14.7. The molecule has 6 heteroatoms. The van der Waals surface area contributed by atoms with Crippen molar-refractivity contribution in [3.63, 3.8) is 0 Å². The van der Waals surface area contributed by atoms with Gasteiger partial charge >= 0.3 is 0 Å². The first-order valence-electron chi connectivity index (χ1n) is 7.31. The average molecular weight is 277 g/mol. The summed E-state index contributed by atoms with van der Waals surface area (Å²) in [6, 6.07) is 2.00. The molecule has 0 bridgehead atoms. The largest absolute Gasteiger partial charge is 0.350 e. The van der Waals surface area contributed by atoms with E-state index in [-0.39, 0.29) is 11.9 Å². The smallest absolute Gasteiger partial charge is 0.234 e. The summed E-state index contributed by atoms with van der Waals surface area (Å²) in [6.45, 7) is 5.09. The molecule has 1 aromatic rings. The number of amides is 1. The molecule has 1 unspecified atom stereocenters. The number of carbonyl (C=O) groups is 1. The summed E-state index contributed by atoms with van der Waals surface area (Å²) in [7, 11) is 0. The summed E-state index contributed by atoms with van der Waals surface area (Å²) in [6.07, 6.45) is 6.60. The third kappa shape index (κ3) is 4.45. The first-order valence-corrected chi connectivity index (χ1v) is 7.31. The molecule has 2 heterocycles. The number of carbonyl (C=O) groups excluding carboxylic acids is 1. The number of aromatic nitrogens is 2. The molecular formula is C14H23N5O. The van der Waals surface area contributed by atoms with Crippen molar-refractivity contribution in [3.05, 3.63) is 18.5 Å². The Morgan fingerprint density at radius 2 is 2.25 bits per heavy atom. The SMILES string of the molecule is CCCNCC(=O)NC1CCCN(c2ncccn2)C1. The lowest BCUT2D eigenvalue weighted by Crippen LogP contribution is -2.50. The van der Waals surface area contributed by atoms with E-state index in [2.05, 4.69) is 32.4 Å². The topological polar surface area (TPSA) is 70.2 Å². The molecule has 2 rings (SSSR count). The molecule has 0 radical (unpaired) electrons. The van der Waals surface area contributed by atoms with Gasteiger partial charge in [0, 0.05) is 31.5 Å². The highest BCUT2D eigenvalue weighted by atomic mass is 16.2. The Bertz CT molecular complexity index is 411. The fourth-order valence-corrected chi connectivity index (χ4v) is 2.39. The summed E-state index contributed by atoms with van der Waals surface area (Å²) < 4.78 is 0. The number of anilines is 1. The van der Waals surface area contributed by atoms with Gasteiger partial charge in [-0.25, -0.2) is 9.97 Å². The van der Waals surface area contributed by atoms with Gasteiger partial charge in [0.2, 0.25) is 11.9 Å². The Morgan fingerprint density at radius 1 is 1.45 bits per heavy atom. The van der Waals surface area contributed by atoms with Crippen LogP contribution in [-0.4, -0.2) is 48.1 Å². The Hall–Kier alpha value is -1.69. The van der Waals surface area contributed by atoms with Gasteiger partial charge in [0.05, 0.1) is 6.54 Å². The zero-order chi connectivity index (χ0) is 14.2. The van der Waals surface area contributed by atoms with E-state index in [1.54, 1.807) is 12.4 Å². The molecule has 1 atom stereocenters. The molecule has 0 aliphatic carbocycles. The van der Waals surface area contributed by atoms with Crippen LogP contribution < -0.4 is 15.5 Å². The molecule has 1 aromatic heterocycles. The third-order valence-electron chi connectivity index (χ3n) is 3.33. The monoisotopic (exact) mass is 277 g/mol. The summed E-state index contributed by atoms with van der Waals surface area (Å²) in [5.74, 6) is 0.815. The molecule has 1 fully saturated rings. The Labute approximate surface area is 120 Å². The maximum Gasteiger partial charge on any atom is 0.234 e. The second-order valence-corrected chi connectivity index (χ2v) is 5.08. The molecular weight excluding hydrogens is 254 g/mol. The van der Waals surface area contributed by atoms with Crippen molar-refractivity contribution in [1.82, 2.24) is 20.6 Å². The van der Waals surface area contributed by atoms with E-state index in [4.69, 9.17) is 0 Å². The van der Waals surface area contributed by atoms with Crippen LogP contribution >= 0.6 is 0 Å². The maximum absolute atomic E-state index is 11.8. The molecule has 2 N–H and O–H groups in total. The second-order valence-electron chi connectivity index (χ2n) is 5.08. The van der Waals surface area contributed by atoms with Crippen molar-refractivity contribution in [2.75, 3.05) is 31.1 Å². The van der Waals surface area contributed by atoms with E-state index in [1.165, 1.54) is 0 Å². The number of nitrogens with one attached hydrogen (secondary N) is 2. The van der Waals surface area contributed by atoms with E-state index < -0.39 is 0 Å². The van der Waals surface area contributed by atoms with Gasteiger partial charge in [0.1, 0.15) is 0 Å². The van der Waals surface area contributed by atoms with Gasteiger partial charge in [-0.15, -0.1) is 0 Å². The van der Waals surface area contributed by atoms with E-state index in [9.17, 15) is 4.79 Å². The number of hydrogen-bond donors (Lipinski definition) is 2. The minimum absolute atomic E-state index is 0.0688. The van der Waals surface area contributed by atoms with Crippen LogP contribution in [0, 0.1) is 0 Å². The first-order chi connectivity index (χ1) is 9.79. The molecule has 110 valence electrons. The number of hydrogen-bond acceptors (Lipinski definition) is 5. The quantitative estimate of drug-likeness (QED) is 0.744. The van der Waals surface area contributed by atoms with E-state index in [1.807, 2.05) is 6.07 Å². The van der Waals surface area contributed by atoms with E-state index in [0.29, 0.717) is 6.54 Å². The minimum Gasteiger partial charge on any atom is -0.350 e. The van der Waals surface area contributed by atoms with Crippen LogP contribution in [0.1, 0.15) is 26.2 Å². The van der Waals surface area contributed by atoms with Crippen molar-refractivity contribution in [2.45, 2.75) is 32.2 Å². The standard InChI is InChI=1S/C14H23N5O/c1-2-6-15-10-13(20)18-12-5-3-9-19(11-12)14-16-7-4-8-17-14/h4,7-8,12,15H,2-3,5-6,9-11H2,1H3,(H,18,20). The van der Waals surface area contributed by atoms with Crippen molar-refractivity contribution in [3.8, 4) is 0 Å². The lowest BCUT2D eigenvalue weighted by atomic mass is 10.1. The van der Waals surface area contributed by atoms with Crippen molar-refractivity contribution < 1.29 is 4.79 Å². The van der Waals surface area contributed by atoms with Crippen molar-refractivity contribution in [2.24, 2.45) is 0 Å². The predicted octanol–water partition coefficient (Wildman–Crippen LogP) is 0.561. The second kappa shape index (κ2) is 7.79. The predicted molar refractivity (Wildman–Crippen MR) is 78.6 cm³/mol. The highest BCUT2D eigenvalue weighted by Gasteiger charge is 2.22. The molecule has 1 aliphatic rings. The van der Waals surface area contributed by atoms with Gasteiger partial charge in [-0.1, -0.05) is 6.92 Å². The van der Waals surface area contributed by atoms with Crippen LogP contribution in [0.4, 0.5) is 5.95 Å². The Morgan fingerprint density at radius 3 is 3.00 bits per heavy atom. The van der Waals surface area contributed by atoms with Gasteiger partial charge in [0.25, 0.3) is 0 Å². The van der Waals surface area contributed by atoms with Crippen LogP contribution in [-0.2, 0) is 4.79 Å². The fraction of sp³-hybridized carbons (Fsp3) is 0.643. The highest BCUT2D eigenvalue weighted by molar-refractivity contribution is 5.78. The molecule has 20 heavy (non-hydrogen) atoms. The number of rotatable bonds is 6. The lowest BCUT2D eigenvalue weighted by Gasteiger charge is -2.33. The summed E-state index contributed by atoms with van der Waals surface area (Å²) in [4.78, 5) is 22.5. The van der Waals surface area contributed by atoms with Crippen LogP contribution in [0.2, 0.25) is 0 Å². The van der Waals surface area contributed by atoms with Gasteiger partial charge in [-0.05, 0) is 31.9 Å². The van der Waals surface area contributed by atoms with Gasteiger partial charge in [-0.3, -0.25) is 4.79 Å². The minimum atomic E-state index is 0.0688. The molecule has 0 spiro atoms. The van der Waals surface area contributed by atoms with Gasteiger partial charge in [0.15, 0.2) is 0 Å². The van der Waals surface area contributed by atoms with E-state index in [0.717, 1.165) is 44.8 Å². The van der Waals surface area contributed by atoms with Crippen LogP contribution in [0.5, 0.6) is 0 Å². The zero-order valence-corrected chi connectivity index (χ0v) is 12.0. The molecule has 1 aliphatic heterocycles. The summed E-state index contributed by atoms with van der Waals surface area (Å²) in [5.41, 5.74) is 0. The third-order valence-corrected chi connectivity index (χ3v) is 3.33. The molecule has 1 amide bonds. The fourth-order valence-electron chi connectivity index (χ4n) is 2.39. The van der Waals surface area contributed by atoms with Crippen LogP contribution in [0.25, 0.3) is 0 Å². The molecule has 1 saturated heterocycles. The molecule has 6 nitrogen and oxygen atoms in total. The van der Waals surface area contributed by atoms with E-state index >= 15 is 0 Å².